The first kappa shape index (κ1) is 15.5. The van der Waals surface area contributed by atoms with Gasteiger partial charge in [-0.1, -0.05) is 20.3 Å². The van der Waals surface area contributed by atoms with Crippen molar-refractivity contribution >= 4 is 16.6 Å². The zero-order valence-corrected chi connectivity index (χ0v) is 13.0. The maximum absolute atomic E-state index is 14.0. The van der Waals surface area contributed by atoms with Crippen molar-refractivity contribution in [2.24, 2.45) is 0 Å². The van der Waals surface area contributed by atoms with E-state index in [0.29, 0.717) is 12.1 Å². The molecular formula is C17H23FN2O. The van der Waals surface area contributed by atoms with Gasteiger partial charge >= 0.3 is 0 Å². The van der Waals surface area contributed by atoms with Crippen LogP contribution in [0.5, 0.6) is 5.75 Å². The van der Waals surface area contributed by atoms with Gasteiger partial charge in [-0.25, -0.2) is 4.39 Å². The molecule has 3 nitrogen and oxygen atoms in total. The molecule has 0 saturated heterocycles. The zero-order valence-electron chi connectivity index (χ0n) is 13.0. The molecular weight excluding hydrogens is 267 g/mol. The van der Waals surface area contributed by atoms with Crippen molar-refractivity contribution in [3.05, 3.63) is 29.7 Å². The van der Waals surface area contributed by atoms with Crippen LogP contribution in [0.3, 0.4) is 0 Å². The van der Waals surface area contributed by atoms with Gasteiger partial charge in [-0.15, -0.1) is 0 Å². The predicted molar refractivity (Wildman–Crippen MR) is 85.6 cm³/mol. The van der Waals surface area contributed by atoms with Crippen LogP contribution in [0, 0.1) is 5.82 Å². The smallest absolute Gasteiger partial charge is 0.167 e. The van der Waals surface area contributed by atoms with E-state index in [1.54, 1.807) is 6.07 Å². The standard InChI is InChI=1S/C17H23FN2O/c1-4-7-12-9-15(19-8-5-2)13-10-17(21-6-3)14(18)11-16(13)20-12/h9-11H,4-8H2,1-3H3,(H,19,20). The number of nitrogens with zero attached hydrogens (tertiary/aromatic N) is 1. The summed E-state index contributed by atoms with van der Waals surface area (Å²) in [5.74, 6) is -0.0680. The number of aryl methyl sites for hydroxylation is 1. The average Bonchev–Trinajstić information content (AvgIpc) is 2.46. The molecule has 0 bridgehead atoms. The lowest BCUT2D eigenvalue weighted by Gasteiger charge is -2.13. The molecule has 0 fully saturated rings. The molecule has 0 unspecified atom stereocenters. The Kier molecular flexibility index (Phi) is 5.37. The first-order valence-electron chi connectivity index (χ1n) is 7.69. The first-order valence-corrected chi connectivity index (χ1v) is 7.69. The number of anilines is 1. The fourth-order valence-corrected chi connectivity index (χ4v) is 2.34. The van der Waals surface area contributed by atoms with E-state index in [0.717, 1.165) is 42.6 Å². The molecule has 0 saturated carbocycles. The van der Waals surface area contributed by atoms with Crippen LogP contribution in [-0.4, -0.2) is 18.1 Å². The minimum atomic E-state index is -0.355. The van der Waals surface area contributed by atoms with Crippen LogP contribution in [0.25, 0.3) is 10.9 Å². The van der Waals surface area contributed by atoms with Crippen molar-refractivity contribution in [3.63, 3.8) is 0 Å². The molecule has 0 aliphatic rings. The minimum absolute atomic E-state index is 0.287. The van der Waals surface area contributed by atoms with Gasteiger partial charge in [0.2, 0.25) is 0 Å². The van der Waals surface area contributed by atoms with Gasteiger partial charge < -0.3 is 10.1 Å². The van der Waals surface area contributed by atoms with E-state index in [1.807, 2.05) is 6.92 Å². The second-order valence-corrected chi connectivity index (χ2v) is 5.07. The number of nitrogens with one attached hydrogen (secondary N) is 1. The Balaban J connectivity index is 2.54. The molecule has 1 N–H and O–H groups in total. The van der Waals surface area contributed by atoms with Crippen molar-refractivity contribution in [1.82, 2.24) is 4.98 Å². The summed E-state index contributed by atoms with van der Waals surface area (Å²) >= 11 is 0. The third-order valence-corrected chi connectivity index (χ3v) is 3.29. The highest BCUT2D eigenvalue weighted by Crippen LogP contribution is 2.30. The Morgan fingerprint density at radius 1 is 1.14 bits per heavy atom. The lowest BCUT2D eigenvalue weighted by Crippen LogP contribution is -2.04. The van der Waals surface area contributed by atoms with E-state index in [4.69, 9.17) is 4.74 Å². The van der Waals surface area contributed by atoms with E-state index in [2.05, 4.69) is 30.2 Å². The van der Waals surface area contributed by atoms with Gasteiger partial charge in [-0.2, -0.15) is 0 Å². The summed E-state index contributed by atoms with van der Waals surface area (Å²) in [6, 6.07) is 5.28. The third-order valence-electron chi connectivity index (χ3n) is 3.29. The molecule has 21 heavy (non-hydrogen) atoms. The summed E-state index contributed by atoms with van der Waals surface area (Å²) in [4.78, 5) is 4.56. The van der Waals surface area contributed by atoms with Gasteiger partial charge in [-0.3, -0.25) is 4.98 Å². The lowest BCUT2D eigenvalue weighted by atomic mass is 10.1. The molecule has 1 heterocycles. The molecule has 0 aliphatic carbocycles. The van der Waals surface area contributed by atoms with Gasteiger partial charge in [0.1, 0.15) is 0 Å². The predicted octanol–water partition coefficient (Wildman–Crippen LogP) is 4.55. The second kappa shape index (κ2) is 7.25. The molecule has 1 aromatic heterocycles. The molecule has 0 amide bonds. The van der Waals surface area contributed by atoms with E-state index >= 15 is 0 Å². The molecule has 0 radical (unpaired) electrons. The van der Waals surface area contributed by atoms with Crippen LogP contribution in [0.1, 0.15) is 39.3 Å². The number of hydrogen-bond donors (Lipinski definition) is 1. The highest BCUT2D eigenvalue weighted by atomic mass is 19.1. The summed E-state index contributed by atoms with van der Waals surface area (Å²) in [7, 11) is 0. The highest BCUT2D eigenvalue weighted by Gasteiger charge is 2.11. The number of benzene rings is 1. The summed E-state index contributed by atoms with van der Waals surface area (Å²) in [6.07, 6.45) is 2.95. The van der Waals surface area contributed by atoms with E-state index in [9.17, 15) is 4.39 Å². The Hall–Kier alpha value is -1.84. The van der Waals surface area contributed by atoms with E-state index in [1.165, 1.54) is 6.07 Å². The third kappa shape index (κ3) is 3.63. The Labute approximate surface area is 125 Å². The molecule has 0 atom stereocenters. The topological polar surface area (TPSA) is 34.2 Å². The maximum atomic E-state index is 14.0. The second-order valence-electron chi connectivity index (χ2n) is 5.07. The van der Waals surface area contributed by atoms with Crippen molar-refractivity contribution < 1.29 is 9.13 Å². The molecule has 2 aromatic rings. The molecule has 0 aliphatic heterocycles. The maximum Gasteiger partial charge on any atom is 0.167 e. The monoisotopic (exact) mass is 290 g/mol. The van der Waals surface area contributed by atoms with Gasteiger partial charge in [0.05, 0.1) is 12.1 Å². The largest absolute Gasteiger partial charge is 0.491 e. The summed E-state index contributed by atoms with van der Waals surface area (Å²) in [6.45, 7) is 7.41. The number of pyridine rings is 1. The molecule has 0 spiro atoms. The quantitative estimate of drug-likeness (QED) is 0.812. The Morgan fingerprint density at radius 2 is 1.95 bits per heavy atom. The SMILES string of the molecule is CCCNc1cc(CCC)nc2cc(F)c(OCC)cc12. The van der Waals surface area contributed by atoms with E-state index < -0.39 is 0 Å². The summed E-state index contributed by atoms with van der Waals surface area (Å²) in [5.41, 5.74) is 2.68. The van der Waals surface area contributed by atoms with Crippen molar-refractivity contribution in [2.75, 3.05) is 18.5 Å². The Morgan fingerprint density at radius 3 is 2.62 bits per heavy atom. The van der Waals surface area contributed by atoms with Crippen LogP contribution in [0.2, 0.25) is 0 Å². The molecule has 4 heteroatoms. The van der Waals surface area contributed by atoms with Crippen LogP contribution < -0.4 is 10.1 Å². The minimum Gasteiger partial charge on any atom is -0.491 e. The fraction of sp³-hybridized carbons (Fsp3) is 0.471. The zero-order chi connectivity index (χ0) is 15.2. The lowest BCUT2D eigenvalue weighted by molar-refractivity contribution is 0.322. The fourth-order valence-electron chi connectivity index (χ4n) is 2.34. The van der Waals surface area contributed by atoms with Gasteiger partial charge in [0, 0.05) is 29.4 Å². The summed E-state index contributed by atoms with van der Waals surface area (Å²) in [5, 5.41) is 4.32. The normalized spacial score (nSPS) is 10.9. The van der Waals surface area contributed by atoms with Gasteiger partial charge in [0.15, 0.2) is 11.6 Å². The van der Waals surface area contributed by atoms with Crippen LogP contribution in [0.4, 0.5) is 10.1 Å². The highest BCUT2D eigenvalue weighted by molar-refractivity contribution is 5.92. The number of hydrogen-bond acceptors (Lipinski definition) is 3. The molecule has 114 valence electrons. The van der Waals surface area contributed by atoms with Crippen LogP contribution >= 0.6 is 0 Å². The number of ether oxygens (including phenoxy) is 1. The number of halogens is 1. The van der Waals surface area contributed by atoms with Crippen molar-refractivity contribution in [2.45, 2.75) is 40.0 Å². The number of rotatable bonds is 7. The van der Waals surface area contributed by atoms with Crippen molar-refractivity contribution in [1.29, 1.82) is 0 Å². The van der Waals surface area contributed by atoms with Crippen LogP contribution in [0.15, 0.2) is 18.2 Å². The van der Waals surface area contributed by atoms with Crippen LogP contribution in [-0.2, 0) is 6.42 Å². The summed E-state index contributed by atoms with van der Waals surface area (Å²) < 4.78 is 19.4. The van der Waals surface area contributed by atoms with Gasteiger partial charge in [-0.05, 0) is 31.9 Å². The number of aromatic nitrogens is 1. The Bertz CT molecular complexity index is 613. The number of fused-ring (bicyclic) bond motifs is 1. The molecule has 2 rings (SSSR count). The van der Waals surface area contributed by atoms with E-state index in [-0.39, 0.29) is 11.6 Å². The van der Waals surface area contributed by atoms with Crippen molar-refractivity contribution in [3.8, 4) is 5.75 Å². The van der Waals surface area contributed by atoms with Gasteiger partial charge in [0.25, 0.3) is 0 Å². The molecule has 1 aromatic carbocycles. The average molecular weight is 290 g/mol. The first-order chi connectivity index (χ1) is 10.2.